The Morgan fingerprint density at radius 3 is 2.71 bits per heavy atom. The minimum atomic E-state index is -0.384. The number of ether oxygens (including phenoxy) is 1. The minimum Gasteiger partial charge on any atom is -0.484 e. The van der Waals surface area contributed by atoms with E-state index in [1.807, 2.05) is 36.7 Å². The number of nitrogens with one attached hydrogen (secondary N) is 2. The van der Waals surface area contributed by atoms with Crippen LogP contribution in [0.4, 0.5) is 11.4 Å². The van der Waals surface area contributed by atoms with Crippen LogP contribution in [0.25, 0.3) is 0 Å². The maximum atomic E-state index is 12.6. The largest absolute Gasteiger partial charge is 0.484 e. The molecular weight excluding hydrogens is 550 g/mol. The summed E-state index contributed by atoms with van der Waals surface area (Å²) in [5.74, 6) is -0.308. The van der Waals surface area contributed by atoms with E-state index in [-0.39, 0.29) is 36.7 Å². The predicted octanol–water partition coefficient (Wildman–Crippen LogP) is 4.09. The summed E-state index contributed by atoms with van der Waals surface area (Å²) in [4.78, 5) is 43.3. The van der Waals surface area contributed by atoms with Crippen molar-refractivity contribution in [1.82, 2.24) is 14.9 Å². The third-order valence-electron chi connectivity index (χ3n) is 6.49. The smallest absolute Gasteiger partial charge is 0.262 e. The van der Waals surface area contributed by atoms with Crippen LogP contribution in [0, 0.1) is 12.8 Å². The van der Waals surface area contributed by atoms with Gasteiger partial charge < -0.3 is 24.8 Å². The number of aromatic nitrogens is 2. The molecule has 0 aliphatic carbocycles. The standard InChI is InChI=1S/C28H32BrN5O4/c1-3-20-14-22(29)13-19(2)27(20)32-25(35)17-38-24-7-5-23(6-8-24)34-16-21(15-26(34)36)28(37)31-9-4-11-33-12-10-30-18-33/h5-8,10,12-14,18,21H,3-4,9,11,15-17H2,1-2H3,(H,31,37)(H,32,35)/t21-/m0/s1. The van der Waals surface area contributed by atoms with Crippen molar-refractivity contribution in [2.45, 2.75) is 39.7 Å². The van der Waals surface area contributed by atoms with E-state index in [2.05, 4.69) is 31.5 Å². The van der Waals surface area contributed by atoms with Crippen molar-refractivity contribution < 1.29 is 19.1 Å². The first-order valence-electron chi connectivity index (χ1n) is 12.7. The summed E-state index contributed by atoms with van der Waals surface area (Å²) in [5.41, 5.74) is 3.53. The number of amides is 3. The van der Waals surface area contributed by atoms with Gasteiger partial charge in [-0.2, -0.15) is 0 Å². The van der Waals surface area contributed by atoms with Crippen LogP contribution in [-0.4, -0.2) is 47.0 Å². The highest BCUT2D eigenvalue weighted by atomic mass is 79.9. The average Bonchev–Trinajstić information content (AvgIpc) is 3.57. The number of aryl methyl sites for hydroxylation is 3. The molecule has 1 fully saturated rings. The topological polar surface area (TPSA) is 106 Å². The molecule has 1 aliphatic rings. The number of anilines is 2. The summed E-state index contributed by atoms with van der Waals surface area (Å²) in [7, 11) is 0. The van der Waals surface area contributed by atoms with Crippen molar-refractivity contribution >= 4 is 45.0 Å². The molecular formula is C28H32BrN5O4. The van der Waals surface area contributed by atoms with Gasteiger partial charge in [-0.05, 0) is 67.3 Å². The van der Waals surface area contributed by atoms with E-state index in [9.17, 15) is 14.4 Å². The monoisotopic (exact) mass is 581 g/mol. The number of halogens is 1. The number of nitrogens with zero attached hydrogens (tertiary/aromatic N) is 3. The van der Waals surface area contributed by atoms with Crippen LogP contribution in [0.5, 0.6) is 5.75 Å². The van der Waals surface area contributed by atoms with Crippen molar-refractivity contribution in [2.24, 2.45) is 5.92 Å². The number of benzene rings is 2. The first-order valence-corrected chi connectivity index (χ1v) is 13.5. The highest BCUT2D eigenvalue weighted by Gasteiger charge is 2.35. The highest BCUT2D eigenvalue weighted by Crippen LogP contribution is 2.28. The Kier molecular flexibility index (Phi) is 9.17. The van der Waals surface area contributed by atoms with Crippen molar-refractivity contribution in [2.75, 3.05) is 29.9 Å². The zero-order valence-electron chi connectivity index (χ0n) is 21.6. The number of rotatable bonds is 11. The molecule has 0 saturated carbocycles. The molecule has 1 aliphatic heterocycles. The van der Waals surface area contributed by atoms with Crippen molar-refractivity contribution in [3.8, 4) is 5.75 Å². The molecule has 0 spiro atoms. The molecule has 10 heteroatoms. The van der Waals surface area contributed by atoms with E-state index in [0.29, 0.717) is 24.5 Å². The second-order valence-corrected chi connectivity index (χ2v) is 10.2. The second kappa shape index (κ2) is 12.7. The van der Waals surface area contributed by atoms with Crippen molar-refractivity contribution in [1.29, 1.82) is 0 Å². The summed E-state index contributed by atoms with van der Waals surface area (Å²) < 4.78 is 8.60. The average molecular weight is 582 g/mol. The van der Waals surface area contributed by atoms with E-state index in [4.69, 9.17) is 4.74 Å². The van der Waals surface area contributed by atoms with Gasteiger partial charge in [-0.3, -0.25) is 14.4 Å². The lowest BCUT2D eigenvalue weighted by atomic mass is 10.1. The Morgan fingerprint density at radius 1 is 1.21 bits per heavy atom. The van der Waals surface area contributed by atoms with Gasteiger partial charge in [0.15, 0.2) is 6.61 Å². The molecule has 0 radical (unpaired) electrons. The van der Waals surface area contributed by atoms with Crippen LogP contribution >= 0.6 is 15.9 Å². The quantitative estimate of drug-likeness (QED) is 0.332. The summed E-state index contributed by atoms with van der Waals surface area (Å²) in [6, 6.07) is 10.9. The fraction of sp³-hybridized carbons (Fsp3) is 0.357. The third kappa shape index (κ3) is 7.00. The van der Waals surface area contributed by atoms with Crippen molar-refractivity contribution in [3.63, 3.8) is 0 Å². The molecule has 2 N–H and O–H groups in total. The van der Waals surface area contributed by atoms with E-state index in [1.165, 1.54) is 0 Å². The number of carbonyl (C=O) groups is 3. The molecule has 9 nitrogen and oxygen atoms in total. The fourth-order valence-corrected chi connectivity index (χ4v) is 5.11. The Balaban J connectivity index is 1.24. The molecule has 2 heterocycles. The molecule has 0 bridgehead atoms. The summed E-state index contributed by atoms with van der Waals surface area (Å²) in [5, 5.41) is 5.89. The number of imidazole rings is 1. The highest BCUT2D eigenvalue weighted by molar-refractivity contribution is 9.10. The SMILES string of the molecule is CCc1cc(Br)cc(C)c1NC(=O)COc1ccc(N2C[C@@H](C(=O)NCCCn3ccnc3)CC2=O)cc1. The molecule has 0 unspecified atom stereocenters. The van der Waals surface area contributed by atoms with Crippen LogP contribution in [0.15, 0.2) is 59.6 Å². The van der Waals surface area contributed by atoms with E-state index >= 15 is 0 Å². The molecule has 3 aromatic rings. The minimum absolute atomic E-state index is 0.0896. The van der Waals surface area contributed by atoms with Crippen LogP contribution in [0.3, 0.4) is 0 Å². The summed E-state index contributed by atoms with van der Waals surface area (Å²) in [6.07, 6.45) is 7.11. The van der Waals surface area contributed by atoms with E-state index < -0.39 is 0 Å². The van der Waals surface area contributed by atoms with Gasteiger partial charge in [0.1, 0.15) is 5.75 Å². The van der Waals surface area contributed by atoms with Gasteiger partial charge in [0.2, 0.25) is 11.8 Å². The normalized spacial score (nSPS) is 15.0. The first kappa shape index (κ1) is 27.4. The number of hydrogen-bond donors (Lipinski definition) is 2. The predicted molar refractivity (Wildman–Crippen MR) is 149 cm³/mol. The number of carbonyl (C=O) groups excluding carboxylic acids is 3. The maximum Gasteiger partial charge on any atom is 0.262 e. The van der Waals surface area contributed by atoms with Crippen LogP contribution < -0.4 is 20.3 Å². The molecule has 3 amide bonds. The van der Waals surface area contributed by atoms with Gasteiger partial charge in [0, 0.05) is 54.3 Å². The number of hydrogen-bond acceptors (Lipinski definition) is 5. The van der Waals surface area contributed by atoms with Crippen LogP contribution in [-0.2, 0) is 27.3 Å². The van der Waals surface area contributed by atoms with Gasteiger partial charge in [0.05, 0.1) is 12.2 Å². The fourth-order valence-electron chi connectivity index (χ4n) is 4.49. The third-order valence-corrected chi connectivity index (χ3v) is 6.95. The molecule has 2 aromatic carbocycles. The summed E-state index contributed by atoms with van der Waals surface area (Å²) >= 11 is 3.49. The molecule has 200 valence electrons. The van der Waals surface area contributed by atoms with Crippen LogP contribution in [0.1, 0.15) is 30.9 Å². The van der Waals surface area contributed by atoms with E-state index in [0.717, 1.165) is 40.7 Å². The lowest BCUT2D eigenvalue weighted by Gasteiger charge is -2.17. The Hall–Kier alpha value is -3.66. The lowest BCUT2D eigenvalue weighted by Crippen LogP contribution is -2.33. The van der Waals surface area contributed by atoms with Gasteiger partial charge in [-0.1, -0.05) is 22.9 Å². The van der Waals surface area contributed by atoms with Gasteiger partial charge >= 0.3 is 0 Å². The van der Waals surface area contributed by atoms with Gasteiger partial charge in [-0.25, -0.2) is 4.98 Å². The van der Waals surface area contributed by atoms with Gasteiger partial charge in [0.25, 0.3) is 5.91 Å². The molecule has 1 atom stereocenters. The Morgan fingerprint density at radius 2 is 2.00 bits per heavy atom. The first-order chi connectivity index (χ1) is 18.3. The summed E-state index contributed by atoms with van der Waals surface area (Å²) in [6.45, 7) is 5.51. The molecule has 4 rings (SSSR count). The Bertz CT molecular complexity index is 1280. The van der Waals surface area contributed by atoms with Gasteiger partial charge in [-0.15, -0.1) is 0 Å². The zero-order valence-corrected chi connectivity index (χ0v) is 23.2. The van der Waals surface area contributed by atoms with E-state index in [1.54, 1.807) is 41.7 Å². The maximum absolute atomic E-state index is 12.6. The second-order valence-electron chi connectivity index (χ2n) is 9.29. The molecule has 38 heavy (non-hydrogen) atoms. The molecule has 1 saturated heterocycles. The molecule has 1 aromatic heterocycles. The zero-order chi connectivity index (χ0) is 27.1. The van der Waals surface area contributed by atoms with Crippen molar-refractivity contribution in [3.05, 3.63) is 70.7 Å². The lowest BCUT2D eigenvalue weighted by molar-refractivity contribution is -0.126. The van der Waals surface area contributed by atoms with Crippen LogP contribution in [0.2, 0.25) is 0 Å². The Labute approximate surface area is 230 Å².